The molecule has 2 N–H and O–H groups in total. The molecular formula is C8H15N3O. The summed E-state index contributed by atoms with van der Waals surface area (Å²) < 4.78 is 5.03. The molecule has 0 aliphatic heterocycles. The summed E-state index contributed by atoms with van der Waals surface area (Å²) >= 11 is 0. The third kappa shape index (κ3) is 1.64. The van der Waals surface area contributed by atoms with Crippen molar-refractivity contribution in [2.45, 2.75) is 39.2 Å². The monoisotopic (exact) mass is 169 g/mol. The number of nitrogens with two attached hydrogens (primary N) is 1. The second-order valence-electron chi connectivity index (χ2n) is 3.14. The lowest BCUT2D eigenvalue weighted by molar-refractivity contribution is 0.290. The zero-order valence-electron chi connectivity index (χ0n) is 7.79. The first-order valence-corrected chi connectivity index (χ1v) is 4.22. The summed E-state index contributed by atoms with van der Waals surface area (Å²) in [5.41, 5.74) is 5.42. The van der Waals surface area contributed by atoms with E-state index < -0.39 is 5.54 Å². The molecule has 0 aromatic carbocycles. The smallest absolute Gasteiger partial charge is 0.246 e. The highest BCUT2D eigenvalue weighted by Crippen LogP contribution is 2.18. The molecule has 0 fully saturated rings. The van der Waals surface area contributed by atoms with E-state index in [2.05, 4.69) is 10.1 Å². The maximum Gasteiger partial charge on any atom is 0.246 e. The maximum absolute atomic E-state index is 5.91. The fourth-order valence-electron chi connectivity index (χ4n) is 0.781. The van der Waals surface area contributed by atoms with Gasteiger partial charge in [0.05, 0.1) is 5.54 Å². The van der Waals surface area contributed by atoms with Crippen LogP contribution in [0.4, 0.5) is 0 Å². The zero-order valence-corrected chi connectivity index (χ0v) is 7.79. The largest absolute Gasteiger partial charge is 0.337 e. The molecule has 1 unspecified atom stereocenters. The molecule has 0 aliphatic carbocycles. The summed E-state index contributed by atoms with van der Waals surface area (Å²) in [7, 11) is 0. The van der Waals surface area contributed by atoms with E-state index in [1.807, 2.05) is 20.8 Å². The van der Waals surface area contributed by atoms with Crippen molar-refractivity contribution >= 4 is 0 Å². The summed E-state index contributed by atoms with van der Waals surface area (Å²) in [5, 5.41) is 3.78. The first-order valence-electron chi connectivity index (χ1n) is 4.22. The van der Waals surface area contributed by atoms with E-state index >= 15 is 0 Å². The number of rotatable bonds is 3. The molecule has 1 heterocycles. The van der Waals surface area contributed by atoms with Crippen LogP contribution in [0.3, 0.4) is 0 Å². The van der Waals surface area contributed by atoms with Crippen molar-refractivity contribution in [1.29, 1.82) is 0 Å². The van der Waals surface area contributed by atoms with Gasteiger partial charge in [-0.1, -0.05) is 19.0 Å². The lowest BCUT2D eigenvalue weighted by atomic mass is 10.0. The molecule has 1 aromatic rings. The van der Waals surface area contributed by atoms with Gasteiger partial charge in [-0.05, 0) is 13.3 Å². The minimum absolute atomic E-state index is 0.486. The second-order valence-corrected chi connectivity index (χ2v) is 3.14. The van der Waals surface area contributed by atoms with Gasteiger partial charge in [0.1, 0.15) is 0 Å². The van der Waals surface area contributed by atoms with Crippen LogP contribution in [0.2, 0.25) is 0 Å². The average molecular weight is 169 g/mol. The highest BCUT2D eigenvalue weighted by atomic mass is 16.5. The van der Waals surface area contributed by atoms with Crippen LogP contribution in [0.5, 0.6) is 0 Å². The molecule has 1 rings (SSSR count). The number of hydrogen-bond acceptors (Lipinski definition) is 4. The molecule has 0 radical (unpaired) electrons. The van der Waals surface area contributed by atoms with Gasteiger partial charge in [-0.15, -0.1) is 0 Å². The van der Waals surface area contributed by atoms with E-state index in [0.717, 1.165) is 18.7 Å². The van der Waals surface area contributed by atoms with Crippen molar-refractivity contribution in [2.24, 2.45) is 5.73 Å². The van der Waals surface area contributed by atoms with Gasteiger partial charge in [-0.25, -0.2) is 0 Å². The molecule has 0 aliphatic rings. The van der Waals surface area contributed by atoms with Crippen LogP contribution in [0.25, 0.3) is 0 Å². The Labute approximate surface area is 72.1 Å². The zero-order chi connectivity index (χ0) is 9.19. The van der Waals surface area contributed by atoms with E-state index in [4.69, 9.17) is 10.3 Å². The molecule has 68 valence electrons. The molecule has 12 heavy (non-hydrogen) atoms. The average Bonchev–Trinajstić information content (AvgIpc) is 2.52. The number of nitrogens with zero attached hydrogens (tertiary/aromatic N) is 2. The summed E-state index contributed by atoms with van der Waals surface area (Å²) in [4.78, 5) is 4.17. The summed E-state index contributed by atoms with van der Waals surface area (Å²) in [6.45, 7) is 5.87. The van der Waals surface area contributed by atoms with Crippen LogP contribution in [0, 0.1) is 0 Å². The molecule has 0 spiro atoms. The van der Waals surface area contributed by atoms with Crippen molar-refractivity contribution in [1.82, 2.24) is 10.1 Å². The van der Waals surface area contributed by atoms with Gasteiger partial charge in [-0.2, -0.15) is 4.98 Å². The lowest BCUT2D eigenvalue weighted by Gasteiger charge is -2.16. The Kier molecular flexibility index (Phi) is 2.47. The van der Waals surface area contributed by atoms with Crippen molar-refractivity contribution in [3.8, 4) is 0 Å². The molecule has 0 amide bonds. The topological polar surface area (TPSA) is 64.9 Å². The quantitative estimate of drug-likeness (QED) is 0.738. The fourth-order valence-corrected chi connectivity index (χ4v) is 0.781. The SMILES string of the molecule is CCc1noc(C(C)(N)CC)n1. The molecule has 4 nitrogen and oxygen atoms in total. The third-order valence-corrected chi connectivity index (χ3v) is 2.01. The fraction of sp³-hybridized carbons (Fsp3) is 0.750. The van der Waals surface area contributed by atoms with Gasteiger partial charge < -0.3 is 10.3 Å². The third-order valence-electron chi connectivity index (χ3n) is 2.01. The lowest BCUT2D eigenvalue weighted by Crippen LogP contribution is -2.32. The number of hydrogen-bond donors (Lipinski definition) is 1. The predicted octanol–water partition coefficient (Wildman–Crippen LogP) is 1.22. The summed E-state index contributed by atoms with van der Waals surface area (Å²) in [6.07, 6.45) is 1.57. The molecule has 0 saturated heterocycles. The van der Waals surface area contributed by atoms with Crippen LogP contribution in [0.15, 0.2) is 4.52 Å². The van der Waals surface area contributed by atoms with Crippen molar-refractivity contribution in [3.05, 3.63) is 11.7 Å². The predicted molar refractivity (Wildman–Crippen MR) is 45.5 cm³/mol. The highest BCUT2D eigenvalue weighted by Gasteiger charge is 2.25. The van der Waals surface area contributed by atoms with E-state index in [1.165, 1.54) is 0 Å². The van der Waals surface area contributed by atoms with Gasteiger partial charge in [0, 0.05) is 6.42 Å². The molecule has 4 heteroatoms. The van der Waals surface area contributed by atoms with E-state index in [0.29, 0.717) is 5.89 Å². The van der Waals surface area contributed by atoms with Gasteiger partial charge in [0.15, 0.2) is 5.82 Å². The van der Waals surface area contributed by atoms with E-state index in [9.17, 15) is 0 Å². The van der Waals surface area contributed by atoms with Gasteiger partial charge in [0.2, 0.25) is 5.89 Å². The standard InChI is InChI=1S/C8H15N3O/c1-4-6-10-7(12-11-6)8(3,9)5-2/h4-5,9H2,1-3H3. The van der Waals surface area contributed by atoms with Crippen LogP contribution in [0.1, 0.15) is 38.9 Å². The van der Waals surface area contributed by atoms with Gasteiger partial charge >= 0.3 is 0 Å². The van der Waals surface area contributed by atoms with Gasteiger partial charge in [-0.3, -0.25) is 0 Å². The molecule has 1 atom stereocenters. The minimum Gasteiger partial charge on any atom is -0.337 e. The normalized spacial score (nSPS) is 16.0. The number of aromatic nitrogens is 2. The second kappa shape index (κ2) is 3.23. The Morgan fingerprint density at radius 2 is 2.17 bits per heavy atom. The molecule has 0 bridgehead atoms. The summed E-state index contributed by atoms with van der Waals surface area (Å²) in [6, 6.07) is 0. The first-order chi connectivity index (χ1) is 5.60. The first kappa shape index (κ1) is 9.19. The van der Waals surface area contributed by atoms with Crippen LogP contribution in [-0.4, -0.2) is 10.1 Å². The van der Waals surface area contributed by atoms with Gasteiger partial charge in [0.25, 0.3) is 0 Å². The molecule has 1 aromatic heterocycles. The summed E-state index contributed by atoms with van der Waals surface area (Å²) in [5.74, 6) is 1.25. The maximum atomic E-state index is 5.91. The molecule has 0 saturated carbocycles. The van der Waals surface area contributed by atoms with Crippen molar-refractivity contribution in [2.75, 3.05) is 0 Å². The van der Waals surface area contributed by atoms with E-state index in [-0.39, 0.29) is 0 Å². The Hall–Kier alpha value is -0.900. The van der Waals surface area contributed by atoms with Crippen LogP contribution in [-0.2, 0) is 12.0 Å². The van der Waals surface area contributed by atoms with Crippen molar-refractivity contribution in [3.63, 3.8) is 0 Å². The van der Waals surface area contributed by atoms with E-state index in [1.54, 1.807) is 0 Å². The van der Waals surface area contributed by atoms with Crippen LogP contribution < -0.4 is 5.73 Å². The molecular weight excluding hydrogens is 154 g/mol. The minimum atomic E-state index is -0.486. The Morgan fingerprint density at radius 1 is 1.50 bits per heavy atom. The Balaban J connectivity index is 2.88. The highest BCUT2D eigenvalue weighted by molar-refractivity contribution is 4.98. The van der Waals surface area contributed by atoms with Crippen molar-refractivity contribution < 1.29 is 4.52 Å². The number of aryl methyl sites for hydroxylation is 1. The van der Waals surface area contributed by atoms with Crippen LogP contribution >= 0.6 is 0 Å². The Morgan fingerprint density at radius 3 is 2.58 bits per heavy atom. The Bertz CT molecular complexity index is 255.